The molecular formula is C12H15NO3. The first kappa shape index (κ1) is 12.4. The Morgan fingerprint density at radius 1 is 1.69 bits per heavy atom. The second-order valence-corrected chi connectivity index (χ2v) is 3.29. The third-order valence-electron chi connectivity index (χ3n) is 2.05. The zero-order valence-corrected chi connectivity index (χ0v) is 9.38. The summed E-state index contributed by atoms with van der Waals surface area (Å²) in [6.07, 6.45) is 6.05. The molecule has 0 radical (unpaired) electrons. The van der Waals surface area contributed by atoms with Gasteiger partial charge in [-0.25, -0.2) is 0 Å². The molecule has 1 aromatic heterocycles. The minimum absolute atomic E-state index is 0.186. The number of aldehydes is 1. The molecule has 0 fully saturated rings. The minimum Gasteiger partial charge on any atom is -0.380 e. The number of hydrogen-bond acceptors (Lipinski definition) is 4. The first-order valence-electron chi connectivity index (χ1n) is 5.15. The topological polar surface area (TPSA) is 63.3 Å². The minimum atomic E-state index is -0.877. The lowest BCUT2D eigenvalue weighted by atomic mass is 10.1. The molecular weight excluding hydrogens is 206 g/mol. The van der Waals surface area contributed by atoms with Gasteiger partial charge in [0.05, 0.1) is 0 Å². The third-order valence-corrected chi connectivity index (χ3v) is 2.05. The predicted molar refractivity (Wildman–Crippen MR) is 60.0 cm³/mol. The first-order chi connectivity index (χ1) is 7.72. The summed E-state index contributed by atoms with van der Waals surface area (Å²) < 4.78 is 4.88. The fraction of sp³-hybridized carbons (Fsp3) is 0.333. The van der Waals surface area contributed by atoms with Gasteiger partial charge < -0.3 is 9.63 Å². The molecule has 0 aliphatic heterocycles. The standard InChI is InChI=1S/C12H15NO3/c1-3-5-9(6-4-2)12(15)11-7-10(8-14)13-16-11/h3,5-8,12,15H,4H2,1-2H3/b5-3-,9-6+. The highest BCUT2D eigenvalue weighted by molar-refractivity contribution is 5.71. The fourth-order valence-corrected chi connectivity index (χ4v) is 1.35. The Bertz CT molecular complexity index is 404. The van der Waals surface area contributed by atoms with Crippen LogP contribution in [0, 0.1) is 0 Å². The van der Waals surface area contributed by atoms with Crippen molar-refractivity contribution in [2.75, 3.05) is 0 Å². The summed E-state index contributed by atoms with van der Waals surface area (Å²) in [5.41, 5.74) is 0.920. The predicted octanol–water partition coefficient (Wildman–Crippen LogP) is 2.43. The van der Waals surface area contributed by atoms with Gasteiger partial charge in [-0.2, -0.15) is 0 Å². The highest BCUT2D eigenvalue weighted by Gasteiger charge is 2.16. The lowest BCUT2D eigenvalue weighted by Crippen LogP contribution is -1.98. The molecule has 4 heteroatoms. The summed E-state index contributed by atoms with van der Waals surface area (Å²) in [5.74, 6) is 0.278. The summed E-state index contributed by atoms with van der Waals surface area (Å²) in [7, 11) is 0. The zero-order valence-electron chi connectivity index (χ0n) is 9.38. The van der Waals surface area contributed by atoms with E-state index in [0.29, 0.717) is 6.29 Å². The number of hydrogen-bond donors (Lipinski definition) is 1. The first-order valence-corrected chi connectivity index (χ1v) is 5.15. The van der Waals surface area contributed by atoms with Crippen LogP contribution in [0.1, 0.15) is 42.6 Å². The second kappa shape index (κ2) is 6.02. The monoisotopic (exact) mass is 221 g/mol. The summed E-state index contributed by atoms with van der Waals surface area (Å²) in [4.78, 5) is 10.4. The van der Waals surface area contributed by atoms with Crippen molar-refractivity contribution in [1.29, 1.82) is 0 Å². The average molecular weight is 221 g/mol. The zero-order chi connectivity index (χ0) is 12.0. The van der Waals surface area contributed by atoms with Crippen LogP contribution in [0.4, 0.5) is 0 Å². The molecule has 0 spiro atoms. The lowest BCUT2D eigenvalue weighted by molar-refractivity contribution is 0.111. The maximum absolute atomic E-state index is 10.4. The molecule has 1 unspecified atom stereocenters. The fourth-order valence-electron chi connectivity index (χ4n) is 1.35. The SMILES string of the molecule is C/C=C\C(=C/CC)C(O)c1cc(C=O)no1. The van der Waals surface area contributed by atoms with Crippen LogP contribution in [0.2, 0.25) is 0 Å². The lowest BCUT2D eigenvalue weighted by Gasteiger charge is -2.07. The molecule has 1 N–H and O–H groups in total. The number of rotatable bonds is 5. The number of carbonyl (C=O) groups excluding carboxylic acids is 1. The number of carbonyl (C=O) groups is 1. The summed E-state index contributed by atoms with van der Waals surface area (Å²) >= 11 is 0. The van der Waals surface area contributed by atoms with Crippen LogP contribution in [0.15, 0.2) is 34.4 Å². The number of allylic oxidation sites excluding steroid dienone is 2. The molecule has 1 rings (SSSR count). The quantitative estimate of drug-likeness (QED) is 0.612. The normalized spacial score (nSPS) is 14.3. The van der Waals surface area contributed by atoms with Crippen LogP contribution in [0.3, 0.4) is 0 Å². The maximum atomic E-state index is 10.4. The van der Waals surface area contributed by atoms with Gasteiger partial charge in [0.25, 0.3) is 0 Å². The van der Waals surface area contributed by atoms with E-state index in [1.54, 1.807) is 6.08 Å². The van der Waals surface area contributed by atoms with E-state index < -0.39 is 6.10 Å². The molecule has 16 heavy (non-hydrogen) atoms. The Morgan fingerprint density at radius 3 is 2.94 bits per heavy atom. The Labute approximate surface area is 94.3 Å². The van der Waals surface area contributed by atoms with Crippen LogP contribution in [0.5, 0.6) is 0 Å². The summed E-state index contributed by atoms with van der Waals surface area (Å²) in [6.45, 7) is 3.85. The van der Waals surface area contributed by atoms with E-state index in [4.69, 9.17) is 4.52 Å². The molecule has 0 aliphatic carbocycles. The van der Waals surface area contributed by atoms with Crippen molar-refractivity contribution in [2.24, 2.45) is 0 Å². The number of aliphatic hydroxyl groups excluding tert-OH is 1. The molecule has 0 saturated heterocycles. The van der Waals surface area contributed by atoms with E-state index >= 15 is 0 Å². The van der Waals surface area contributed by atoms with Crippen molar-refractivity contribution in [1.82, 2.24) is 5.16 Å². The number of nitrogens with zero attached hydrogens (tertiary/aromatic N) is 1. The van der Waals surface area contributed by atoms with Crippen molar-refractivity contribution in [3.8, 4) is 0 Å². The highest BCUT2D eigenvalue weighted by Crippen LogP contribution is 2.23. The Balaban J connectivity index is 2.93. The number of aliphatic hydroxyl groups is 1. The van der Waals surface area contributed by atoms with Gasteiger partial charge in [0, 0.05) is 6.07 Å². The Hall–Kier alpha value is -1.68. The van der Waals surface area contributed by atoms with Gasteiger partial charge in [-0.05, 0) is 18.9 Å². The Kier molecular flexibility index (Phi) is 4.66. The molecule has 1 atom stereocenters. The van der Waals surface area contributed by atoms with Crippen LogP contribution in [-0.2, 0) is 0 Å². The van der Waals surface area contributed by atoms with Crippen molar-refractivity contribution in [3.63, 3.8) is 0 Å². The smallest absolute Gasteiger partial charge is 0.171 e. The summed E-state index contributed by atoms with van der Waals surface area (Å²) in [5, 5.41) is 13.5. The van der Waals surface area contributed by atoms with E-state index in [1.165, 1.54) is 6.07 Å². The second-order valence-electron chi connectivity index (χ2n) is 3.29. The average Bonchev–Trinajstić information content (AvgIpc) is 2.76. The van der Waals surface area contributed by atoms with Crippen LogP contribution < -0.4 is 0 Å². The van der Waals surface area contributed by atoms with E-state index in [9.17, 15) is 9.90 Å². The molecule has 0 amide bonds. The highest BCUT2D eigenvalue weighted by atomic mass is 16.5. The maximum Gasteiger partial charge on any atom is 0.171 e. The Morgan fingerprint density at radius 2 is 2.44 bits per heavy atom. The molecule has 0 bridgehead atoms. The van der Waals surface area contributed by atoms with Crippen LogP contribution in [0.25, 0.3) is 0 Å². The van der Waals surface area contributed by atoms with Gasteiger partial charge in [-0.15, -0.1) is 0 Å². The summed E-state index contributed by atoms with van der Waals surface area (Å²) in [6, 6.07) is 1.44. The van der Waals surface area contributed by atoms with Crippen molar-refractivity contribution < 1.29 is 14.4 Å². The van der Waals surface area contributed by atoms with Crippen molar-refractivity contribution >= 4 is 6.29 Å². The van der Waals surface area contributed by atoms with E-state index in [1.807, 2.05) is 26.0 Å². The number of aromatic nitrogens is 1. The van der Waals surface area contributed by atoms with Gasteiger partial charge in [-0.3, -0.25) is 4.79 Å². The van der Waals surface area contributed by atoms with E-state index in [0.717, 1.165) is 12.0 Å². The molecule has 1 heterocycles. The van der Waals surface area contributed by atoms with Crippen molar-refractivity contribution in [3.05, 3.63) is 41.3 Å². The van der Waals surface area contributed by atoms with Crippen molar-refractivity contribution in [2.45, 2.75) is 26.4 Å². The molecule has 1 aromatic rings. The molecule has 0 aliphatic rings. The van der Waals surface area contributed by atoms with Crippen LogP contribution in [-0.4, -0.2) is 16.5 Å². The molecule has 4 nitrogen and oxygen atoms in total. The van der Waals surface area contributed by atoms with Crippen LogP contribution >= 0.6 is 0 Å². The molecule has 0 aromatic carbocycles. The largest absolute Gasteiger partial charge is 0.380 e. The molecule has 86 valence electrons. The third kappa shape index (κ3) is 2.90. The van der Waals surface area contributed by atoms with Gasteiger partial charge in [0.1, 0.15) is 11.8 Å². The van der Waals surface area contributed by atoms with Gasteiger partial charge >= 0.3 is 0 Å². The van der Waals surface area contributed by atoms with Gasteiger partial charge in [-0.1, -0.05) is 30.3 Å². The van der Waals surface area contributed by atoms with E-state index in [2.05, 4.69) is 5.16 Å². The van der Waals surface area contributed by atoms with Gasteiger partial charge in [0.2, 0.25) is 0 Å². The van der Waals surface area contributed by atoms with E-state index in [-0.39, 0.29) is 11.5 Å². The molecule has 0 saturated carbocycles. The van der Waals surface area contributed by atoms with Gasteiger partial charge in [0.15, 0.2) is 12.0 Å².